The first-order valence-electron chi connectivity index (χ1n) is 8.20. The predicted molar refractivity (Wildman–Crippen MR) is 98.2 cm³/mol. The molecule has 1 aromatic rings. The van der Waals surface area contributed by atoms with Crippen LogP contribution >= 0.6 is 11.6 Å². The van der Waals surface area contributed by atoms with Crippen LogP contribution in [0.4, 0.5) is 0 Å². The molecule has 1 atom stereocenters. The maximum Gasteiger partial charge on any atom is 0.191 e. The lowest BCUT2D eigenvalue weighted by atomic mass is 10.2. The Hall–Kier alpha value is -1.30. The molecule has 0 bridgehead atoms. The minimum absolute atomic E-state index is 0.488. The third-order valence-electron chi connectivity index (χ3n) is 4.35. The lowest BCUT2D eigenvalue weighted by Crippen LogP contribution is -2.52. The van der Waals surface area contributed by atoms with Crippen LogP contribution in [0.5, 0.6) is 0 Å². The van der Waals surface area contributed by atoms with E-state index in [1.165, 1.54) is 0 Å². The molecule has 1 saturated heterocycles. The van der Waals surface area contributed by atoms with E-state index < -0.39 is 0 Å². The molecule has 6 heteroatoms. The highest BCUT2D eigenvalue weighted by molar-refractivity contribution is 6.31. The third kappa shape index (κ3) is 5.68. The molecule has 23 heavy (non-hydrogen) atoms. The topological polar surface area (TPSA) is 42.9 Å². The summed E-state index contributed by atoms with van der Waals surface area (Å²) in [4.78, 5) is 9.18. The van der Waals surface area contributed by atoms with E-state index in [1.807, 2.05) is 24.3 Å². The molecule has 1 aliphatic heterocycles. The van der Waals surface area contributed by atoms with Gasteiger partial charge in [-0.25, -0.2) is 0 Å². The molecular weight excluding hydrogens is 310 g/mol. The van der Waals surface area contributed by atoms with Crippen molar-refractivity contribution in [3.05, 3.63) is 34.9 Å². The standard InChI is InChI=1S/C17H28ClN5/c1-14(23-10-8-22(3)9-11-23)12-20-17(19-2)21-13-15-6-4-5-7-16(15)18/h4-7,14H,8-13H2,1-3H3,(H2,19,20,21). The van der Waals surface area contributed by atoms with Crippen LogP contribution < -0.4 is 10.6 Å². The molecule has 1 heterocycles. The van der Waals surface area contributed by atoms with Gasteiger partial charge in [-0.2, -0.15) is 0 Å². The first kappa shape index (κ1) is 18.0. The Bertz CT molecular complexity index is 511. The van der Waals surface area contributed by atoms with Crippen LogP contribution in [0.3, 0.4) is 0 Å². The molecule has 1 aliphatic rings. The van der Waals surface area contributed by atoms with E-state index in [0.717, 1.165) is 49.3 Å². The smallest absolute Gasteiger partial charge is 0.191 e. The second-order valence-electron chi connectivity index (χ2n) is 6.09. The van der Waals surface area contributed by atoms with Crippen LogP contribution in [-0.2, 0) is 6.54 Å². The van der Waals surface area contributed by atoms with Crippen molar-refractivity contribution in [2.24, 2.45) is 4.99 Å². The molecular formula is C17H28ClN5. The van der Waals surface area contributed by atoms with Crippen LogP contribution in [-0.4, -0.2) is 68.6 Å². The van der Waals surface area contributed by atoms with Crippen molar-refractivity contribution in [2.75, 3.05) is 46.8 Å². The van der Waals surface area contributed by atoms with Gasteiger partial charge in [-0.3, -0.25) is 9.89 Å². The van der Waals surface area contributed by atoms with Crippen molar-refractivity contribution in [1.29, 1.82) is 0 Å². The largest absolute Gasteiger partial charge is 0.355 e. The van der Waals surface area contributed by atoms with E-state index in [9.17, 15) is 0 Å². The summed E-state index contributed by atoms with van der Waals surface area (Å²) in [5, 5.41) is 7.51. The Morgan fingerprint density at radius 2 is 1.91 bits per heavy atom. The van der Waals surface area contributed by atoms with E-state index in [4.69, 9.17) is 11.6 Å². The second kappa shape index (κ2) is 9.11. The fourth-order valence-electron chi connectivity index (χ4n) is 2.68. The maximum atomic E-state index is 6.18. The van der Waals surface area contributed by atoms with Crippen LogP contribution in [0.1, 0.15) is 12.5 Å². The number of nitrogens with zero attached hydrogens (tertiary/aromatic N) is 3. The summed E-state index contributed by atoms with van der Waals surface area (Å²) in [6, 6.07) is 8.35. The predicted octanol–water partition coefficient (Wildman–Crippen LogP) is 1.64. The quantitative estimate of drug-likeness (QED) is 0.633. The average molecular weight is 338 g/mol. The van der Waals surface area contributed by atoms with E-state index >= 15 is 0 Å². The molecule has 2 rings (SSSR count). The Morgan fingerprint density at radius 3 is 2.57 bits per heavy atom. The molecule has 1 fully saturated rings. The Morgan fingerprint density at radius 1 is 1.22 bits per heavy atom. The van der Waals surface area contributed by atoms with Crippen LogP contribution in [0.2, 0.25) is 5.02 Å². The van der Waals surface area contributed by atoms with Gasteiger partial charge in [0.25, 0.3) is 0 Å². The molecule has 0 radical (unpaired) electrons. The Kier molecular flexibility index (Phi) is 7.15. The summed E-state index contributed by atoms with van der Waals surface area (Å²) in [6.07, 6.45) is 0. The fourth-order valence-corrected chi connectivity index (χ4v) is 2.88. The average Bonchev–Trinajstić information content (AvgIpc) is 2.57. The van der Waals surface area contributed by atoms with Crippen molar-refractivity contribution >= 4 is 17.6 Å². The number of piperazine rings is 1. The number of nitrogens with one attached hydrogen (secondary N) is 2. The molecule has 0 aliphatic carbocycles. The van der Waals surface area contributed by atoms with E-state index in [2.05, 4.69) is 39.4 Å². The zero-order valence-corrected chi connectivity index (χ0v) is 15.1. The van der Waals surface area contributed by atoms with Crippen molar-refractivity contribution in [2.45, 2.75) is 19.5 Å². The van der Waals surface area contributed by atoms with Gasteiger partial charge in [-0.1, -0.05) is 29.8 Å². The number of rotatable bonds is 5. The van der Waals surface area contributed by atoms with Gasteiger partial charge >= 0.3 is 0 Å². The lowest BCUT2D eigenvalue weighted by Gasteiger charge is -2.36. The molecule has 0 aromatic heterocycles. The lowest BCUT2D eigenvalue weighted by molar-refractivity contribution is 0.120. The van der Waals surface area contributed by atoms with Gasteiger partial charge in [0.2, 0.25) is 0 Å². The zero-order valence-electron chi connectivity index (χ0n) is 14.3. The number of guanidine groups is 1. The molecule has 0 saturated carbocycles. The van der Waals surface area contributed by atoms with Gasteiger partial charge in [0.1, 0.15) is 0 Å². The van der Waals surface area contributed by atoms with Crippen molar-refractivity contribution in [1.82, 2.24) is 20.4 Å². The molecule has 1 unspecified atom stereocenters. The first-order valence-corrected chi connectivity index (χ1v) is 8.58. The van der Waals surface area contributed by atoms with Gasteiger partial charge in [-0.15, -0.1) is 0 Å². The zero-order chi connectivity index (χ0) is 16.7. The molecule has 5 nitrogen and oxygen atoms in total. The SMILES string of the molecule is CN=C(NCc1ccccc1Cl)NCC(C)N1CCN(C)CC1. The fraction of sp³-hybridized carbons (Fsp3) is 0.588. The number of halogens is 1. The van der Waals surface area contributed by atoms with E-state index in [0.29, 0.717) is 12.6 Å². The summed E-state index contributed by atoms with van der Waals surface area (Å²) in [7, 11) is 3.98. The highest BCUT2D eigenvalue weighted by Crippen LogP contribution is 2.14. The molecule has 1 aromatic carbocycles. The minimum atomic E-state index is 0.488. The van der Waals surface area contributed by atoms with E-state index in [1.54, 1.807) is 7.05 Å². The number of hydrogen-bond acceptors (Lipinski definition) is 3. The number of aliphatic imine (C=N–C) groups is 1. The molecule has 128 valence electrons. The van der Waals surface area contributed by atoms with Gasteiger partial charge in [0.05, 0.1) is 0 Å². The van der Waals surface area contributed by atoms with Gasteiger partial charge in [0.15, 0.2) is 5.96 Å². The second-order valence-corrected chi connectivity index (χ2v) is 6.49. The number of likely N-dealkylation sites (N-methyl/N-ethyl adjacent to an activating group) is 1. The minimum Gasteiger partial charge on any atom is -0.355 e. The van der Waals surface area contributed by atoms with Crippen LogP contribution in [0.25, 0.3) is 0 Å². The van der Waals surface area contributed by atoms with Gasteiger partial charge in [0, 0.05) is 57.4 Å². The summed E-state index contributed by atoms with van der Waals surface area (Å²) in [5.74, 6) is 0.811. The number of benzene rings is 1. The molecule has 0 amide bonds. The highest BCUT2D eigenvalue weighted by atomic mass is 35.5. The monoisotopic (exact) mass is 337 g/mol. The maximum absolute atomic E-state index is 6.18. The van der Waals surface area contributed by atoms with E-state index in [-0.39, 0.29) is 0 Å². The molecule has 2 N–H and O–H groups in total. The van der Waals surface area contributed by atoms with Crippen LogP contribution in [0, 0.1) is 0 Å². The number of hydrogen-bond donors (Lipinski definition) is 2. The summed E-state index contributed by atoms with van der Waals surface area (Å²) < 4.78 is 0. The van der Waals surface area contributed by atoms with Crippen molar-refractivity contribution in [3.63, 3.8) is 0 Å². The van der Waals surface area contributed by atoms with Gasteiger partial charge in [-0.05, 0) is 25.6 Å². The van der Waals surface area contributed by atoms with Crippen molar-refractivity contribution in [3.8, 4) is 0 Å². The summed E-state index contributed by atoms with van der Waals surface area (Å²) in [5.41, 5.74) is 1.07. The normalized spacial score (nSPS) is 18.7. The first-order chi connectivity index (χ1) is 11.1. The van der Waals surface area contributed by atoms with Crippen LogP contribution in [0.15, 0.2) is 29.3 Å². The Labute approximate surface area is 144 Å². The summed E-state index contributed by atoms with van der Waals surface area (Å²) in [6.45, 7) is 8.36. The highest BCUT2D eigenvalue weighted by Gasteiger charge is 2.19. The van der Waals surface area contributed by atoms with Gasteiger partial charge < -0.3 is 15.5 Å². The Balaban J connectivity index is 1.75. The summed E-state index contributed by atoms with van der Waals surface area (Å²) >= 11 is 6.18. The molecule has 0 spiro atoms. The third-order valence-corrected chi connectivity index (χ3v) is 4.72. The van der Waals surface area contributed by atoms with Crippen molar-refractivity contribution < 1.29 is 0 Å².